The van der Waals surface area contributed by atoms with Crippen LogP contribution in [0.25, 0.3) is 0 Å². The Balaban J connectivity index is 1.85. The number of nitrogens with zero attached hydrogens (tertiary/aromatic N) is 1. The first-order valence-corrected chi connectivity index (χ1v) is 6.04. The summed E-state index contributed by atoms with van der Waals surface area (Å²) >= 11 is 0. The molecule has 2 nitrogen and oxygen atoms in total. The van der Waals surface area contributed by atoms with Crippen molar-refractivity contribution in [2.24, 2.45) is 11.3 Å². The van der Waals surface area contributed by atoms with E-state index in [2.05, 4.69) is 12.8 Å². The summed E-state index contributed by atoms with van der Waals surface area (Å²) < 4.78 is 0. The maximum absolute atomic E-state index is 11.8. The van der Waals surface area contributed by atoms with E-state index in [-0.39, 0.29) is 5.91 Å². The van der Waals surface area contributed by atoms with E-state index < -0.39 is 0 Å². The molecule has 1 spiro atoms. The van der Waals surface area contributed by atoms with E-state index in [1.807, 2.05) is 4.90 Å². The molecule has 0 bridgehead atoms. The summed E-state index contributed by atoms with van der Waals surface area (Å²) in [7, 11) is 0. The van der Waals surface area contributed by atoms with Gasteiger partial charge in [-0.25, -0.2) is 0 Å². The fraction of sp³-hybridized carbons (Fsp3) is 0.643. The molecule has 0 aromatic heterocycles. The van der Waals surface area contributed by atoms with Crippen molar-refractivity contribution in [2.75, 3.05) is 13.1 Å². The number of carbonyl (C=O) groups is 1. The molecule has 0 atom stereocenters. The summed E-state index contributed by atoms with van der Waals surface area (Å²) in [6.07, 6.45) is 12.9. The van der Waals surface area contributed by atoms with Gasteiger partial charge in [-0.2, -0.15) is 0 Å². The van der Waals surface area contributed by atoms with Gasteiger partial charge in [0.05, 0.1) is 0 Å². The van der Waals surface area contributed by atoms with Crippen molar-refractivity contribution in [2.45, 2.75) is 32.6 Å². The Hall–Kier alpha value is -1.23. The quantitative estimate of drug-likeness (QED) is 0.513. The lowest BCUT2D eigenvalue weighted by Crippen LogP contribution is -2.39. The zero-order valence-corrected chi connectivity index (χ0v) is 9.91. The minimum atomic E-state index is 0.131. The van der Waals surface area contributed by atoms with E-state index in [1.165, 1.54) is 19.3 Å². The van der Waals surface area contributed by atoms with Gasteiger partial charge in [0.25, 0.3) is 0 Å². The number of carbonyl (C=O) groups excluding carboxylic acids is 1. The fourth-order valence-electron chi connectivity index (χ4n) is 3.21. The van der Waals surface area contributed by atoms with Crippen molar-refractivity contribution >= 4 is 5.91 Å². The molecular formula is C14H19NO. The van der Waals surface area contributed by atoms with Crippen LogP contribution in [0.15, 0.2) is 12.2 Å². The summed E-state index contributed by atoms with van der Waals surface area (Å²) in [6.45, 7) is 4.17. The van der Waals surface area contributed by atoms with Gasteiger partial charge in [0.2, 0.25) is 5.91 Å². The molecule has 16 heavy (non-hydrogen) atoms. The number of terminal acetylenes is 1. The van der Waals surface area contributed by atoms with Gasteiger partial charge in [-0.15, -0.1) is 12.3 Å². The van der Waals surface area contributed by atoms with Crippen molar-refractivity contribution in [1.82, 2.24) is 4.90 Å². The molecule has 2 heteroatoms. The molecule has 0 aromatic carbocycles. The Morgan fingerprint density at radius 2 is 2.38 bits per heavy atom. The Morgan fingerprint density at radius 3 is 3.00 bits per heavy atom. The normalized spacial score (nSPS) is 33.0. The van der Waals surface area contributed by atoms with Crippen molar-refractivity contribution in [3.05, 3.63) is 12.2 Å². The van der Waals surface area contributed by atoms with Gasteiger partial charge in [0.15, 0.2) is 0 Å². The third-order valence-electron chi connectivity index (χ3n) is 3.81. The lowest BCUT2D eigenvalue weighted by Gasteiger charge is -2.43. The third-order valence-corrected chi connectivity index (χ3v) is 3.81. The van der Waals surface area contributed by atoms with Gasteiger partial charge in [0, 0.05) is 25.6 Å². The molecule has 1 saturated carbocycles. The SMILES string of the molecule is C#CC/C=C/C(=O)N1CCC2(CC(C)C2)C1. The highest BCUT2D eigenvalue weighted by molar-refractivity contribution is 5.87. The van der Waals surface area contributed by atoms with E-state index in [4.69, 9.17) is 6.42 Å². The zero-order valence-electron chi connectivity index (χ0n) is 9.91. The van der Waals surface area contributed by atoms with Gasteiger partial charge in [-0.1, -0.05) is 13.0 Å². The molecule has 0 unspecified atom stereocenters. The molecule has 1 saturated heterocycles. The van der Waals surface area contributed by atoms with Crippen molar-refractivity contribution in [3.8, 4) is 12.3 Å². The molecule has 2 aliphatic rings. The molecular weight excluding hydrogens is 198 g/mol. The predicted octanol–water partition coefficient (Wildman–Crippen LogP) is 2.21. The van der Waals surface area contributed by atoms with Crippen LogP contribution in [0.1, 0.15) is 32.6 Å². The highest BCUT2D eigenvalue weighted by Crippen LogP contribution is 2.51. The summed E-state index contributed by atoms with van der Waals surface area (Å²) in [5, 5.41) is 0. The second-order valence-corrected chi connectivity index (χ2v) is 5.33. The molecule has 1 heterocycles. The molecule has 0 N–H and O–H groups in total. The van der Waals surface area contributed by atoms with Crippen molar-refractivity contribution in [1.29, 1.82) is 0 Å². The number of allylic oxidation sites excluding steroid dienone is 1. The van der Waals surface area contributed by atoms with Crippen LogP contribution in [-0.4, -0.2) is 23.9 Å². The Kier molecular flexibility index (Phi) is 3.05. The van der Waals surface area contributed by atoms with Crippen LogP contribution in [0.2, 0.25) is 0 Å². The van der Waals surface area contributed by atoms with E-state index in [0.717, 1.165) is 19.0 Å². The largest absolute Gasteiger partial charge is 0.339 e. The number of rotatable bonds is 2. The molecule has 2 rings (SSSR count). The highest BCUT2D eigenvalue weighted by Gasteiger charge is 2.47. The van der Waals surface area contributed by atoms with Gasteiger partial charge in [0.1, 0.15) is 0 Å². The average Bonchev–Trinajstić information content (AvgIpc) is 2.62. The number of hydrogen-bond acceptors (Lipinski definition) is 1. The Morgan fingerprint density at radius 1 is 1.62 bits per heavy atom. The molecule has 0 radical (unpaired) electrons. The number of likely N-dealkylation sites (tertiary alicyclic amines) is 1. The maximum atomic E-state index is 11.8. The van der Waals surface area contributed by atoms with Crippen LogP contribution in [0.4, 0.5) is 0 Å². The van der Waals surface area contributed by atoms with E-state index >= 15 is 0 Å². The van der Waals surface area contributed by atoms with Crippen molar-refractivity contribution < 1.29 is 4.79 Å². The van der Waals surface area contributed by atoms with Crippen LogP contribution < -0.4 is 0 Å². The summed E-state index contributed by atoms with van der Waals surface area (Å²) in [5.74, 6) is 3.49. The zero-order chi connectivity index (χ0) is 11.6. The molecule has 2 fully saturated rings. The van der Waals surface area contributed by atoms with Crippen LogP contribution in [-0.2, 0) is 4.79 Å². The molecule has 86 valence electrons. The standard InChI is InChI=1S/C14H19NO/c1-3-4-5-6-13(16)15-8-7-14(11-15)9-12(2)10-14/h1,5-6,12H,4,7-11H2,2H3/b6-5+. The van der Waals surface area contributed by atoms with Gasteiger partial charge in [-0.3, -0.25) is 4.79 Å². The highest BCUT2D eigenvalue weighted by atomic mass is 16.2. The van der Waals surface area contributed by atoms with E-state index in [9.17, 15) is 4.79 Å². The lowest BCUT2D eigenvalue weighted by molar-refractivity contribution is -0.125. The average molecular weight is 217 g/mol. The minimum absolute atomic E-state index is 0.131. The van der Waals surface area contributed by atoms with Crippen LogP contribution in [0.3, 0.4) is 0 Å². The summed E-state index contributed by atoms with van der Waals surface area (Å²) in [4.78, 5) is 13.8. The summed E-state index contributed by atoms with van der Waals surface area (Å²) in [5.41, 5.74) is 0.467. The molecule has 0 aromatic rings. The number of amides is 1. The topological polar surface area (TPSA) is 20.3 Å². The van der Waals surface area contributed by atoms with Crippen LogP contribution in [0.5, 0.6) is 0 Å². The predicted molar refractivity (Wildman–Crippen MR) is 64.6 cm³/mol. The molecule has 1 aliphatic carbocycles. The first-order chi connectivity index (χ1) is 7.65. The first kappa shape index (κ1) is 11.3. The smallest absolute Gasteiger partial charge is 0.246 e. The third kappa shape index (κ3) is 2.14. The monoisotopic (exact) mass is 217 g/mol. The maximum Gasteiger partial charge on any atom is 0.246 e. The Bertz CT molecular complexity index is 344. The van der Waals surface area contributed by atoms with Gasteiger partial charge < -0.3 is 4.90 Å². The van der Waals surface area contributed by atoms with Crippen molar-refractivity contribution in [3.63, 3.8) is 0 Å². The first-order valence-electron chi connectivity index (χ1n) is 6.04. The second-order valence-electron chi connectivity index (χ2n) is 5.33. The minimum Gasteiger partial charge on any atom is -0.339 e. The van der Waals surface area contributed by atoms with Crippen LogP contribution in [0, 0.1) is 23.7 Å². The summed E-state index contributed by atoms with van der Waals surface area (Å²) in [6, 6.07) is 0. The van der Waals surface area contributed by atoms with E-state index in [1.54, 1.807) is 12.2 Å². The van der Waals surface area contributed by atoms with Crippen LogP contribution >= 0.6 is 0 Å². The lowest BCUT2D eigenvalue weighted by atomic mass is 9.62. The van der Waals surface area contributed by atoms with E-state index in [0.29, 0.717) is 11.8 Å². The fourth-order valence-corrected chi connectivity index (χ4v) is 3.21. The Labute approximate surface area is 97.7 Å². The number of hydrogen-bond donors (Lipinski definition) is 0. The van der Waals surface area contributed by atoms with Gasteiger partial charge >= 0.3 is 0 Å². The molecule has 1 amide bonds. The molecule has 1 aliphatic heterocycles. The van der Waals surface area contributed by atoms with Gasteiger partial charge in [-0.05, 0) is 30.6 Å². The second kappa shape index (κ2) is 4.33.